The molecule has 4 N–H and O–H groups in total. The van der Waals surface area contributed by atoms with Gasteiger partial charge in [-0.3, -0.25) is 4.55 Å². The maximum absolute atomic E-state index is 10.5. The summed E-state index contributed by atoms with van der Waals surface area (Å²) >= 11 is 0. The number of ether oxygens (including phenoxy) is 1. The van der Waals surface area contributed by atoms with Gasteiger partial charge in [-0.2, -0.15) is 18.2 Å². The first-order valence-corrected chi connectivity index (χ1v) is 15.7. The fourth-order valence-electron chi connectivity index (χ4n) is 7.92. The summed E-state index contributed by atoms with van der Waals surface area (Å²) in [5.74, 6) is 2.54. The van der Waals surface area contributed by atoms with Crippen LogP contribution in [-0.4, -0.2) is 29.7 Å². The monoisotopic (exact) mass is 557 g/mol. The Labute approximate surface area is 230 Å². The number of hydrogen-bond acceptors (Lipinski definition) is 7. The van der Waals surface area contributed by atoms with Crippen molar-refractivity contribution >= 4 is 10.1 Å². The molecule has 6 aliphatic rings. The summed E-state index contributed by atoms with van der Waals surface area (Å²) in [6.07, 6.45) is 10.2. The standard InChI is InChI=1S/C23H31NO4.C7H8O3S/c24-13-18-12-17(1-2-21(18)25)16-3-5-22(6-4-16)26-23(28-27-22)19-8-14-7-15(10-19)11-20(23)9-14;1-6-2-4-7(5-3-6)11(8,9)10/h1-2,12,14-16,19-20,25H,3-11,13,24H2;2-5H,1H3,(H,8,9,10). The third-order valence-corrected chi connectivity index (χ3v) is 10.7. The van der Waals surface area contributed by atoms with Gasteiger partial charge in [0.1, 0.15) is 5.75 Å². The lowest BCUT2D eigenvalue weighted by Crippen LogP contribution is -2.59. The number of rotatable bonds is 3. The molecular weight excluding hydrogens is 518 g/mol. The zero-order valence-corrected chi connectivity index (χ0v) is 23.2. The highest BCUT2D eigenvalue weighted by Crippen LogP contribution is 2.64. The van der Waals surface area contributed by atoms with Crippen molar-refractivity contribution in [2.75, 3.05) is 0 Å². The summed E-state index contributed by atoms with van der Waals surface area (Å²) in [5.41, 5.74) is 8.80. The highest BCUT2D eigenvalue weighted by Gasteiger charge is 2.66. The van der Waals surface area contributed by atoms with Gasteiger partial charge in [0.25, 0.3) is 10.1 Å². The summed E-state index contributed by atoms with van der Waals surface area (Å²) in [4.78, 5) is 12.1. The zero-order valence-electron chi connectivity index (χ0n) is 22.4. The number of nitrogens with two attached hydrogens (primary N) is 1. The molecule has 212 valence electrons. The second-order valence-electron chi connectivity index (χ2n) is 12.4. The molecule has 39 heavy (non-hydrogen) atoms. The van der Waals surface area contributed by atoms with Gasteiger partial charge in [0.15, 0.2) is 0 Å². The highest BCUT2D eigenvalue weighted by atomic mass is 32.2. The fourth-order valence-corrected chi connectivity index (χ4v) is 8.40. The lowest BCUT2D eigenvalue weighted by molar-refractivity contribution is -0.390. The molecule has 4 bridgehead atoms. The summed E-state index contributed by atoms with van der Waals surface area (Å²) in [6, 6.07) is 11.9. The Morgan fingerprint density at radius 3 is 2.10 bits per heavy atom. The maximum Gasteiger partial charge on any atom is 0.294 e. The van der Waals surface area contributed by atoms with Crippen LogP contribution in [0.1, 0.15) is 80.4 Å². The van der Waals surface area contributed by atoms with Crippen molar-refractivity contribution in [2.24, 2.45) is 29.4 Å². The van der Waals surface area contributed by atoms with Crippen molar-refractivity contribution in [1.82, 2.24) is 0 Å². The first-order chi connectivity index (χ1) is 18.6. The van der Waals surface area contributed by atoms with Crippen LogP contribution in [0, 0.1) is 30.6 Å². The van der Waals surface area contributed by atoms with Crippen LogP contribution in [0.4, 0.5) is 0 Å². The Bertz CT molecular complexity index is 1270. The molecule has 0 aromatic heterocycles. The van der Waals surface area contributed by atoms with Crippen LogP contribution in [0.15, 0.2) is 47.4 Å². The highest BCUT2D eigenvalue weighted by molar-refractivity contribution is 7.85. The average molecular weight is 558 g/mol. The number of aromatic hydroxyl groups is 1. The minimum absolute atomic E-state index is 0.0666. The van der Waals surface area contributed by atoms with Gasteiger partial charge in [0.2, 0.25) is 11.6 Å². The lowest BCUT2D eigenvalue weighted by Gasteiger charge is -2.57. The minimum Gasteiger partial charge on any atom is -0.508 e. The van der Waals surface area contributed by atoms with E-state index in [0.29, 0.717) is 30.0 Å². The van der Waals surface area contributed by atoms with Gasteiger partial charge in [-0.25, -0.2) is 0 Å². The Morgan fingerprint density at radius 1 is 0.923 bits per heavy atom. The van der Waals surface area contributed by atoms with E-state index in [9.17, 15) is 13.5 Å². The fraction of sp³-hybridized carbons (Fsp3) is 0.600. The van der Waals surface area contributed by atoms with Crippen molar-refractivity contribution in [2.45, 2.75) is 93.6 Å². The molecule has 1 heterocycles. The topological polar surface area (TPSA) is 128 Å². The Balaban J connectivity index is 0.000000213. The third kappa shape index (κ3) is 5.13. The lowest BCUT2D eigenvalue weighted by atomic mass is 9.53. The Hall–Kier alpha value is -2.01. The molecule has 8 rings (SSSR count). The van der Waals surface area contributed by atoms with Crippen LogP contribution >= 0.6 is 0 Å². The van der Waals surface area contributed by atoms with E-state index in [4.69, 9.17) is 24.8 Å². The van der Waals surface area contributed by atoms with Gasteiger partial charge >= 0.3 is 0 Å². The van der Waals surface area contributed by atoms with Crippen LogP contribution < -0.4 is 5.73 Å². The molecule has 0 amide bonds. The molecule has 1 aliphatic heterocycles. The summed E-state index contributed by atoms with van der Waals surface area (Å²) in [7, 11) is -4.02. The Kier molecular flexibility index (Phi) is 7.05. The van der Waals surface area contributed by atoms with Crippen LogP contribution in [0.25, 0.3) is 0 Å². The number of phenols is 1. The van der Waals surface area contributed by atoms with Gasteiger partial charge < -0.3 is 15.6 Å². The second kappa shape index (κ2) is 10.1. The Morgan fingerprint density at radius 2 is 1.54 bits per heavy atom. The molecule has 9 heteroatoms. The normalized spacial score (nSPS) is 36.7. The molecule has 0 unspecified atom stereocenters. The van der Waals surface area contributed by atoms with E-state index >= 15 is 0 Å². The van der Waals surface area contributed by atoms with E-state index in [0.717, 1.165) is 48.6 Å². The van der Waals surface area contributed by atoms with Gasteiger partial charge in [-0.15, -0.1) is 0 Å². The average Bonchev–Trinajstić information content (AvgIpc) is 3.27. The predicted molar refractivity (Wildman–Crippen MR) is 144 cm³/mol. The molecule has 5 aliphatic carbocycles. The van der Waals surface area contributed by atoms with Crippen LogP contribution in [0.5, 0.6) is 5.75 Å². The number of hydrogen-bond donors (Lipinski definition) is 3. The number of phenolic OH excluding ortho intramolecular Hbond substituents is 1. The van der Waals surface area contributed by atoms with Gasteiger partial charge in [-0.05, 0) is 93.4 Å². The summed E-state index contributed by atoms with van der Waals surface area (Å²) in [6.45, 7) is 2.21. The van der Waals surface area contributed by atoms with Crippen molar-refractivity contribution in [3.05, 3.63) is 59.2 Å². The number of aryl methyl sites for hydroxylation is 1. The molecule has 6 fully saturated rings. The second-order valence-corrected chi connectivity index (χ2v) is 13.8. The minimum atomic E-state index is -4.02. The van der Waals surface area contributed by atoms with Gasteiger partial charge in [0.05, 0.1) is 4.90 Å². The molecular formula is C30H39NO7S. The van der Waals surface area contributed by atoms with Crippen LogP contribution in [0.3, 0.4) is 0 Å². The van der Waals surface area contributed by atoms with Crippen molar-refractivity contribution in [3.63, 3.8) is 0 Å². The summed E-state index contributed by atoms with van der Waals surface area (Å²) in [5, 5.41) is 9.91. The molecule has 2 aromatic carbocycles. The van der Waals surface area contributed by atoms with E-state index in [1.165, 1.54) is 49.8 Å². The molecule has 2 spiro atoms. The van der Waals surface area contributed by atoms with E-state index in [2.05, 4.69) is 6.07 Å². The van der Waals surface area contributed by atoms with E-state index in [1.54, 1.807) is 18.2 Å². The SMILES string of the molecule is Cc1ccc(S(=O)(=O)O)cc1.NCc1cc(C2CCC3(CC2)OOC2(O3)C3CC4CC(C3)CC2C4)ccc1O. The molecule has 8 nitrogen and oxygen atoms in total. The van der Waals surface area contributed by atoms with Crippen molar-refractivity contribution in [3.8, 4) is 5.75 Å². The molecule has 1 saturated heterocycles. The summed E-state index contributed by atoms with van der Waals surface area (Å²) < 4.78 is 36.3. The predicted octanol–water partition coefficient (Wildman–Crippen LogP) is 5.58. The van der Waals surface area contributed by atoms with Gasteiger partial charge in [0, 0.05) is 36.8 Å². The van der Waals surface area contributed by atoms with E-state index in [-0.39, 0.29) is 4.90 Å². The number of benzene rings is 2. The van der Waals surface area contributed by atoms with Crippen molar-refractivity contribution < 1.29 is 32.6 Å². The zero-order chi connectivity index (χ0) is 27.4. The van der Waals surface area contributed by atoms with Gasteiger partial charge in [-0.1, -0.05) is 29.8 Å². The first-order valence-electron chi connectivity index (χ1n) is 14.2. The van der Waals surface area contributed by atoms with E-state index < -0.39 is 21.7 Å². The molecule has 2 aromatic rings. The van der Waals surface area contributed by atoms with E-state index in [1.807, 2.05) is 13.0 Å². The molecule has 5 saturated carbocycles. The van der Waals surface area contributed by atoms with Crippen molar-refractivity contribution in [1.29, 1.82) is 0 Å². The quantitative estimate of drug-likeness (QED) is 0.330. The first kappa shape index (κ1) is 27.2. The van der Waals surface area contributed by atoms with Crippen LogP contribution in [0.2, 0.25) is 0 Å². The largest absolute Gasteiger partial charge is 0.508 e. The maximum atomic E-state index is 10.5. The third-order valence-electron chi connectivity index (χ3n) is 9.81. The molecule has 0 atom stereocenters. The smallest absolute Gasteiger partial charge is 0.294 e. The molecule has 0 radical (unpaired) electrons. The van der Waals surface area contributed by atoms with Crippen LogP contribution in [-0.2, 0) is 31.2 Å².